The van der Waals surface area contributed by atoms with Gasteiger partial charge in [-0.1, -0.05) is 46.3 Å². The van der Waals surface area contributed by atoms with E-state index in [9.17, 15) is 9.59 Å². The lowest BCUT2D eigenvalue weighted by atomic mass is 9.89. The molecule has 1 unspecified atom stereocenters. The second-order valence-corrected chi connectivity index (χ2v) is 6.14. The van der Waals surface area contributed by atoms with E-state index < -0.39 is 0 Å². The molecule has 0 saturated carbocycles. The lowest BCUT2D eigenvalue weighted by molar-refractivity contribution is 0.0825. The Morgan fingerprint density at radius 3 is 2.74 bits per heavy atom. The SMILES string of the molecule is O=C1C(=O)c2cc3c(c4cccc1c24)C=CC(Br)C3. The van der Waals surface area contributed by atoms with Crippen LogP contribution in [0.1, 0.15) is 31.8 Å². The molecule has 4 rings (SSSR count). The number of Topliss-reactive ketones (excluding diaryl/α,β-unsaturated/α-hetero) is 2. The molecule has 0 radical (unpaired) electrons. The Hall–Kier alpha value is -1.74. The number of hydrogen-bond donors (Lipinski definition) is 0. The molecule has 1 atom stereocenters. The molecule has 0 heterocycles. The number of rotatable bonds is 0. The number of hydrogen-bond acceptors (Lipinski definition) is 2. The normalized spacial score (nSPS) is 20.2. The maximum Gasteiger partial charge on any atom is 0.234 e. The molecule has 2 aromatic rings. The van der Waals surface area contributed by atoms with Crippen LogP contribution >= 0.6 is 15.9 Å². The van der Waals surface area contributed by atoms with Crippen molar-refractivity contribution in [3.8, 4) is 0 Å². The van der Waals surface area contributed by atoms with Crippen molar-refractivity contribution in [1.82, 2.24) is 0 Å². The molecule has 2 aliphatic rings. The van der Waals surface area contributed by atoms with E-state index in [0.29, 0.717) is 16.0 Å². The highest BCUT2D eigenvalue weighted by Gasteiger charge is 2.32. The number of carbonyl (C=O) groups excluding carboxylic acids is 2. The first-order chi connectivity index (χ1) is 9.16. The predicted octanol–water partition coefficient (Wildman–Crippen LogP) is 3.55. The number of alkyl halides is 1. The fourth-order valence-corrected chi connectivity index (χ4v) is 3.52. The molecule has 92 valence electrons. The van der Waals surface area contributed by atoms with E-state index in [1.54, 1.807) is 6.07 Å². The van der Waals surface area contributed by atoms with Crippen molar-refractivity contribution in [3.63, 3.8) is 0 Å². The number of fused-ring (bicyclic) bond motifs is 2. The highest BCUT2D eigenvalue weighted by Crippen LogP contribution is 2.37. The van der Waals surface area contributed by atoms with Gasteiger partial charge in [0.05, 0.1) is 0 Å². The third-order valence-electron chi connectivity index (χ3n) is 3.87. The number of allylic oxidation sites excluding steroid dienone is 1. The largest absolute Gasteiger partial charge is 0.285 e. The maximum atomic E-state index is 12.1. The standard InChI is InChI=1S/C16H9BrO2/c17-9-4-5-10-8(6-9)7-13-14-11(10)2-1-3-12(14)15(18)16(13)19/h1-5,7,9H,6H2. The molecule has 2 aromatic carbocycles. The molecule has 0 aliphatic heterocycles. The molecule has 2 aliphatic carbocycles. The fourth-order valence-electron chi connectivity index (χ4n) is 3.02. The predicted molar refractivity (Wildman–Crippen MR) is 78.1 cm³/mol. The minimum absolute atomic E-state index is 0.292. The second kappa shape index (κ2) is 3.64. The van der Waals surface area contributed by atoms with Crippen LogP contribution in [0, 0.1) is 0 Å². The summed E-state index contributed by atoms with van der Waals surface area (Å²) in [5, 5.41) is 1.84. The van der Waals surface area contributed by atoms with Crippen LogP contribution in [0.5, 0.6) is 0 Å². The Bertz CT molecular complexity index is 802. The molecule has 0 saturated heterocycles. The molecular formula is C16H9BrO2. The first-order valence-electron chi connectivity index (χ1n) is 6.16. The van der Waals surface area contributed by atoms with Gasteiger partial charge in [0.15, 0.2) is 0 Å². The number of carbonyl (C=O) groups is 2. The van der Waals surface area contributed by atoms with E-state index in [1.807, 2.05) is 18.2 Å². The minimum atomic E-state index is -0.373. The van der Waals surface area contributed by atoms with Gasteiger partial charge in [-0.3, -0.25) is 9.59 Å². The van der Waals surface area contributed by atoms with Gasteiger partial charge in [-0.2, -0.15) is 0 Å². The van der Waals surface area contributed by atoms with Crippen molar-refractivity contribution in [2.75, 3.05) is 0 Å². The Kier molecular flexibility index (Phi) is 2.13. The molecule has 3 heteroatoms. The van der Waals surface area contributed by atoms with Crippen molar-refractivity contribution >= 4 is 44.3 Å². The molecule has 0 fully saturated rings. The lowest BCUT2D eigenvalue weighted by Crippen LogP contribution is -2.09. The zero-order valence-electron chi connectivity index (χ0n) is 9.94. The van der Waals surface area contributed by atoms with Gasteiger partial charge >= 0.3 is 0 Å². The van der Waals surface area contributed by atoms with Crippen molar-refractivity contribution in [1.29, 1.82) is 0 Å². The topological polar surface area (TPSA) is 34.1 Å². The summed E-state index contributed by atoms with van der Waals surface area (Å²) in [5.41, 5.74) is 3.39. The maximum absolute atomic E-state index is 12.1. The molecule has 0 aromatic heterocycles. The van der Waals surface area contributed by atoms with Crippen LogP contribution < -0.4 is 0 Å². The Labute approximate surface area is 118 Å². The molecule has 0 N–H and O–H groups in total. The average molecular weight is 313 g/mol. The van der Waals surface area contributed by atoms with Gasteiger partial charge in [-0.15, -0.1) is 0 Å². The summed E-state index contributed by atoms with van der Waals surface area (Å²) in [6.45, 7) is 0. The Morgan fingerprint density at radius 2 is 1.89 bits per heavy atom. The van der Waals surface area contributed by atoms with Gasteiger partial charge in [0.1, 0.15) is 0 Å². The number of ketones is 2. The lowest BCUT2D eigenvalue weighted by Gasteiger charge is -2.17. The van der Waals surface area contributed by atoms with Gasteiger partial charge in [0.25, 0.3) is 0 Å². The van der Waals surface area contributed by atoms with Gasteiger partial charge in [0, 0.05) is 21.3 Å². The van der Waals surface area contributed by atoms with Gasteiger partial charge in [-0.25, -0.2) is 0 Å². The van der Waals surface area contributed by atoms with E-state index in [1.165, 1.54) is 0 Å². The Morgan fingerprint density at radius 1 is 1.11 bits per heavy atom. The second-order valence-electron chi connectivity index (χ2n) is 4.96. The van der Waals surface area contributed by atoms with Crippen LogP contribution in [0.25, 0.3) is 16.8 Å². The third-order valence-corrected chi connectivity index (χ3v) is 4.50. The third kappa shape index (κ3) is 1.36. The summed E-state index contributed by atoms with van der Waals surface area (Å²) in [5.74, 6) is -0.739. The highest BCUT2D eigenvalue weighted by atomic mass is 79.9. The smallest absolute Gasteiger partial charge is 0.234 e. The summed E-state index contributed by atoms with van der Waals surface area (Å²) >= 11 is 3.57. The molecule has 0 amide bonds. The summed E-state index contributed by atoms with van der Waals surface area (Å²) in [7, 11) is 0. The average Bonchev–Trinajstić information content (AvgIpc) is 2.65. The van der Waals surface area contributed by atoms with Crippen LogP contribution in [0.4, 0.5) is 0 Å². The van der Waals surface area contributed by atoms with Crippen LogP contribution in [0.15, 0.2) is 30.3 Å². The molecule has 0 bridgehead atoms. The zero-order chi connectivity index (χ0) is 13.1. The van der Waals surface area contributed by atoms with Crippen LogP contribution in [-0.2, 0) is 6.42 Å². The van der Waals surface area contributed by atoms with E-state index in [0.717, 1.165) is 28.3 Å². The fraction of sp³-hybridized carbons (Fsp3) is 0.125. The van der Waals surface area contributed by atoms with Gasteiger partial charge < -0.3 is 0 Å². The summed E-state index contributed by atoms with van der Waals surface area (Å²) < 4.78 is 0. The van der Waals surface area contributed by atoms with Gasteiger partial charge in [0.2, 0.25) is 11.6 Å². The van der Waals surface area contributed by atoms with Crippen molar-refractivity contribution in [2.24, 2.45) is 0 Å². The van der Waals surface area contributed by atoms with Crippen LogP contribution in [0.3, 0.4) is 0 Å². The zero-order valence-corrected chi connectivity index (χ0v) is 11.5. The molecular weight excluding hydrogens is 304 g/mol. The quantitative estimate of drug-likeness (QED) is 0.550. The van der Waals surface area contributed by atoms with Crippen molar-refractivity contribution in [2.45, 2.75) is 11.2 Å². The molecule has 19 heavy (non-hydrogen) atoms. The summed E-state index contributed by atoms with van der Waals surface area (Å²) in [6, 6.07) is 7.48. The first-order valence-corrected chi connectivity index (χ1v) is 7.08. The number of halogens is 1. The van der Waals surface area contributed by atoms with E-state index in [-0.39, 0.29) is 11.6 Å². The minimum Gasteiger partial charge on any atom is -0.285 e. The van der Waals surface area contributed by atoms with Crippen LogP contribution in [0.2, 0.25) is 0 Å². The number of benzene rings is 2. The Balaban J connectivity index is 2.18. The van der Waals surface area contributed by atoms with Crippen molar-refractivity contribution < 1.29 is 9.59 Å². The summed E-state index contributed by atoms with van der Waals surface area (Å²) in [6.07, 6.45) is 5.03. The molecule has 0 spiro atoms. The van der Waals surface area contributed by atoms with Crippen molar-refractivity contribution in [3.05, 3.63) is 52.6 Å². The molecule has 2 nitrogen and oxygen atoms in total. The van der Waals surface area contributed by atoms with E-state index in [2.05, 4.69) is 28.1 Å². The van der Waals surface area contributed by atoms with Gasteiger partial charge in [-0.05, 0) is 29.0 Å². The highest BCUT2D eigenvalue weighted by molar-refractivity contribution is 9.09. The van der Waals surface area contributed by atoms with E-state index >= 15 is 0 Å². The monoisotopic (exact) mass is 312 g/mol. The van der Waals surface area contributed by atoms with E-state index in [4.69, 9.17) is 0 Å². The first kappa shape index (κ1) is 11.1. The van der Waals surface area contributed by atoms with Crippen LogP contribution in [-0.4, -0.2) is 16.4 Å². The summed E-state index contributed by atoms with van der Waals surface area (Å²) in [4.78, 5) is 24.3.